The lowest BCUT2D eigenvalue weighted by Gasteiger charge is -2.21. The lowest BCUT2D eigenvalue weighted by molar-refractivity contribution is -0.385. The molecular weight excluding hydrogens is 400 g/mol. The van der Waals surface area contributed by atoms with Gasteiger partial charge in [-0.15, -0.1) is 0 Å². The summed E-state index contributed by atoms with van der Waals surface area (Å²) in [5.74, 6) is -0.248. The van der Waals surface area contributed by atoms with Crippen LogP contribution >= 0.6 is 11.6 Å². The molecular formula is C24H17ClN2O3. The molecule has 0 atom stereocenters. The SMILES string of the molecule is Cc1ccc(N2C(=O)/C(=C/c3ccccc3)C=C2c2ccc(Cl)cc2)cc1[N+](=O)[O-]. The predicted octanol–water partition coefficient (Wildman–Crippen LogP) is 6.03. The summed E-state index contributed by atoms with van der Waals surface area (Å²) >= 11 is 6.02. The standard InChI is InChI=1S/C24H17ClN2O3/c1-16-7-12-21(15-22(16)27(29)30)26-23(18-8-10-20(25)11-9-18)14-19(24(26)28)13-17-5-3-2-4-6-17/h2-15H,1H3/b19-13+. The Morgan fingerprint density at radius 3 is 2.37 bits per heavy atom. The van der Waals surface area contributed by atoms with E-state index in [1.54, 1.807) is 43.3 Å². The molecule has 0 aliphatic carbocycles. The van der Waals surface area contributed by atoms with E-state index < -0.39 is 4.92 Å². The van der Waals surface area contributed by atoms with Crippen LogP contribution in [0.5, 0.6) is 0 Å². The first-order valence-corrected chi connectivity index (χ1v) is 9.66. The first kappa shape index (κ1) is 19.6. The Hall–Kier alpha value is -3.70. The molecule has 0 saturated carbocycles. The summed E-state index contributed by atoms with van der Waals surface area (Å²) in [6.07, 6.45) is 3.60. The van der Waals surface area contributed by atoms with Crippen molar-refractivity contribution in [2.75, 3.05) is 4.90 Å². The molecule has 148 valence electrons. The highest BCUT2D eigenvalue weighted by molar-refractivity contribution is 6.30. The van der Waals surface area contributed by atoms with E-state index in [1.807, 2.05) is 42.5 Å². The monoisotopic (exact) mass is 416 g/mol. The van der Waals surface area contributed by atoms with Gasteiger partial charge in [-0.1, -0.05) is 60.1 Å². The molecule has 1 aliphatic rings. The van der Waals surface area contributed by atoms with Gasteiger partial charge in [-0.25, -0.2) is 0 Å². The van der Waals surface area contributed by atoms with Crippen LogP contribution in [0.15, 0.2) is 84.4 Å². The van der Waals surface area contributed by atoms with Gasteiger partial charge in [0.1, 0.15) is 0 Å². The van der Waals surface area contributed by atoms with Crippen molar-refractivity contribution in [1.82, 2.24) is 0 Å². The molecule has 0 N–H and O–H groups in total. The Labute approximate surface area is 178 Å². The maximum absolute atomic E-state index is 13.3. The van der Waals surface area contributed by atoms with Crippen LogP contribution in [0.25, 0.3) is 11.8 Å². The average molecular weight is 417 g/mol. The lowest BCUT2D eigenvalue weighted by Crippen LogP contribution is -2.25. The van der Waals surface area contributed by atoms with Gasteiger partial charge in [-0.05, 0) is 48.4 Å². The Balaban J connectivity index is 1.85. The summed E-state index contributed by atoms with van der Waals surface area (Å²) in [4.78, 5) is 25.8. The topological polar surface area (TPSA) is 63.5 Å². The molecule has 0 unspecified atom stereocenters. The molecule has 0 spiro atoms. The fourth-order valence-corrected chi connectivity index (χ4v) is 3.49. The minimum Gasteiger partial charge on any atom is -0.276 e. The largest absolute Gasteiger partial charge is 0.276 e. The number of benzene rings is 3. The van der Waals surface area contributed by atoms with Crippen LogP contribution in [0.3, 0.4) is 0 Å². The zero-order chi connectivity index (χ0) is 21.3. The molecule has 6 heteroatoms. The number of rotatable bonds is 4. The van der Waals surface area contributed by atoms with Gasteiger partial charge < -0.3 is 0 Å². The number of hydrogen-bond acceptors (Lipinski definition) is 3. The van der Waals surface area contributed by atoms with E-state index >= 15 is 0 Å². The van der Waals surface area contributed by atoms with Crippen molar-refractivity contribution in [3.8, 4) is 0 Å². The van der Waals surface area contributed by atoms with E-state index in [4.69, 9.17) is 11.6 Å². The maximum atomic E-state index is 13.3. The zero-order valence-corrected chi connectivity index (χ0v) is 16.8. The normalized spacial score (nSPS) is 14.9. The van der Waals surface area contributed by atoms with Gasteiger partial charge >= 0.3 is 0 Å². The van der Waals surface area contributed by atoms with Crippen LogP contribution in [-0.4, -0.2) is 10.8 Å². The molecule has 5 nitrogen and oxygen atoms in total. The summed E-state index contributed by atoms with van der Waals surface area (Å²) in [6, 6.07) is 21.5. The summed E-state index contributed by atoms with van der Waals surface area (Å²) in [5.41, 5.74) is 3.75. The van der Waals surface area contributed by atoms with Gasteiger partial charge in [0.25, 0.3) is 11.6 Å². The maximum Gasteiger partial charge on any atom is 0.274 e. The Morgan fingerprint density at radius 1 is 1.00 bits per heavy atom. The second-order valence-electron chi connectivity index (χ2n) is 6.92. The van der Waals surface area contributed by atoms with E-state index in [0.717, 1.165) is 11.1 Å². The summed E-state index contributed by atoms with van der Waals surface area (Å²) in [6.45, 7) is 1.67. The number of nitro benzene ring substituents is 1. The van der Waals surface area contributed by atoms with Gasteiger partial charge in [0.2, 0.25) is 0 Å². The first-order valence-electron chi connectivity index (χ1n) is 9.28. The number of halogens is 1. The van der Waals surface area contributed by atoms with Crippen LogP contribution in [0.2, 0.25) is 5.02 Å². The van der Waals surface area contributed by atoms with Gasteiger partial charge in [0, 0.05) is 22.2 Å². The molecule has 0 saturated heterocycles. The van der Waals surface area contributed by atoms with E-state index in [1.165, 1.54) is 11.0 Å². The van der Waals surface area contributed by atoms with Gasteiger partial charge in [-0.3, -0.25) is 19.8 Å². The number of carbonyl (C=O) groups excluding carboxylic acids is 1. The smallest absolute Gasteiger partial charge is 0.274 e. The Bertz CT molecular complexity index is 1200. The third-order valence-electron chi connectivity index (χ3n) is 4.89. The average Bonchev–Trinajstić information content (AvgIpc) is 3.05. The fraction of sp³-hybridized carbons (Fsp3) is 0.0417. The van der Waals surface area contributed by atoms with Crippen molar-refractivity contribution in [3.05, 3.63) is 116 Å². The second-order valence-corrected chi connectivity index (χ2v) is 7.35. The number of nitrogens with zero attached hydrogens (tertiary/aromatic N) is 2. The van der Waals surface area contributed by atoms with Crippen LogP contribution in [0.1, 0.15) is 16.7 Å². The Kier molecular flexibility index (Phi) is 5.21. The minimum absolute atomic E-state index is 0.0313. The summed E-state index contributed by atoms with van der Waals surface area (Å²) in [5, 5.41) is 12.0. The Morgan fingerprint density at radius 2 is 1.70 bits per heavy atom. The van der Waals surface area contributed by atoms with E-state index in [2.05, 4.69) is 0 Å². The molecule has 3 aromatic carbocycles. The summed E-state index contributed by atoms with van der Waals surface area (Å²) < 4.78 is 0. The van der Waals surface area contributed by atoms with Gasteiger partial charge in [0.05, 0.1) is 16.3 Å². The van der Waals surface area contributed by atoms with Crippen molar-refractivity contribution in [1.29, 1.82) is 0 Å². The third-order valence-corrected chi connectivity index (χ3v) is 5.14. The van der Waals surface area contributed by atoms with Crippen molar-refractivity contribution < 1.29 is 9.72 Å². The van der Waals surface area contributed by atoms with E-state index in [0.29, 0.717) is 27.5 Å². The zero-order valence-electron chi connectivity index (χ0n) is 16.1. The van der Waals surface area contributed by atoms with E-state index in [9.17, 15) is 14.9 Å². The van der Waals surface area contributed by atoms with Crippen molar-refractivity contribution >= 4 is 40.7 Å². The molecule has 4 rings (SSSR count). The molecule has 1 aliphatic heterocycles. The second kappa shape index (κ2) is 7.97. The van der Waals surface area contributed by atoms with Crippen LogP contribution < -0.4 is 4.90 Å². The number of hydrogen-bond donors (Lipinski definition) is 0. The lowest BCUT2D eigenvalue weighted by atomic mass is 10.1. The number of nitro groups is 1. The fourth-order valence-electron chi connectivity index (χ4n) is 3.37. The molecule has 0 radical (unpaired) electrons. The highest BCUT2D eigenvalue weighted by Gasteiger charge is 2.31. The summed E-state index contributed by atoms with van der Waals surface area (Å²) in [7, 11) is 0. The van der Waals surface area contributed by atoms with Crippen LogP contribution in [0.4, 0.5) is 11.4 Å². The molecule has 3 aromatic rings. The van der Waals surface area contributed by atoms with Gasteiger partial charge in [-0.2, -0.15) is 0 Å². The van der Waals surface area contributed by atoms with Crippen molar-refractivity contribution in [2.45, 2.75) is 6.92 Å². The highest BCUT2D eigenvalue weighted by atomic mass is 35.5. The molecule has 0 aromatic heterocycles. The van der Waals surface area contributed by atoms with Crippen LogP contribution in [-0.2, 0) is 4.79 Å². The highest BCUT2D eigenvalue weighted by Crippen LogP contribution is 2.37. The number of carbonyl (C=O) groups is 1. The minimum atomic E-state index is -0.439. The molecule has 1 heterocycles. The van der Waals surface area contributed by atoms with Gasteiger partial charge in [0.15, 0.2) is 0 Å². The first-order chi connectivity index (χ1) is 14.4. The molecule has 1 amide bonds. The quantitative estimate of drug-likeness (QED) is 0.296. The van der Waals surface area contributed by atoms with Crippen LogP contribution in [0, 0.1) is 17.0 Å². The van der Waals surface area contributed by atoms with Crippen molar-refractivity contribution in [2.24, 2.45) is 0 Å². The number of anilines is 1. The predicted molar refractivity (Wildman–Crippen MR) is 119 cm³/mol. The van der Waals surface area contributed by atoms with Crippen molar-refractivity contribution in [3.63, 3.8) is 0 Å². The third kappa shape index (κ3) is 3.75. The molecule has 30 heavy (non-hydrogen) atoms. The number of amides is 1. The molecule has 0 bridgehead atoms. The molecule has 0 fully saturated rings. The van der Waals surface area contributed by atoms with E-state index in [-0.39, 0.29) is 11.6 Å². The number of aryl methyl sites for hydroxylation is 1.